The second kappa shape index (κ2) is 7.49. The Kier molecular flexibility index (Phi) is 5.07. The molecule has 27 heavy (non-hydrogen) atoms. The van der Waals surface area contributed by atoms with Gasteiger partial charge < -0.3 is 14.6 Å². The fourth-order valence-electron chi connectivity index (χ4n) is 4.53. The predicted octanol–water partition coefficient (Wildman–Crippen LogP) is 5.15. The van der Waals surface area contributed by atoms with E-state index in [4.69, 9.17) is 9.47 Å². The molecule has 0 saturated carbocycles. The molecule has 3 atom stereocenters. The number of aliphatic hydroxyl groups excluding tert-OH is 1. The maximum atomic E-state index is 11.0. The number of ether oxygens (including phenoxy) is 2. The van der Waals surface area contributed by atoms with Crippen LogP contribution in [0, 0.1) is 5.92 Å². The van der Waals surface area contributed by atoms with Crippen molar-refractivity contribution in [3.63, 3.8) is 0 Å². The van der Waals surface area contributed by atoms with Gasteiger partial charge in [-0.2, -0.15) is 0 Å². The quantitative estimate of drug-likeness (QED) is 0.659. The van der Waals surface area contributed by atoms with E-state index in [0.717, 1.165) is 24.0 Å². The Balaban J connectivity index is 1.65. The number of hydrogen-bond donors (Lipinski definition) is 1. The molecule has 4 rings (SSSR count). The molecule has 1 N–H and O–H groups in total. The van der Waals surface area contributed by atoms with Crippen molar-refractivity contribution in [2.45, 2.75) is 56.5 Å². The van der Waals surface area contributed by atoms with Gasteiger partial charge in [0.1, 0.15) is 11.7 Å². The minimum absolute atomic E-state index is 0.0593. The lowest BCUT2D eigenvalue weighted by Gasteiger charge is -2.59. The van der Waals surface area contributed by atoms with Crippen LogP contribution in [0.3, 0.4) is 0 Å². The zero-order valence-corrected chi connectivity index (χ0v) is 15.9. The SMILES string of the molecule is CCCCCC[C@@H](O)[C@@]12OC=C[C@@H]1C(c1ccccc1)(c1ccccc1)O2. The molecule has 0 amide bonds. The highest BCUT2D eigenvalue weighted by molar-refractivity contribution is 5.44. The van der Waals surface area contributed by atoms with Crippen molar-refractivity contribution in [1.29, 1.82) is 0 Å². The average Bonchev–Trinajstić information content (AvgIpc) is 3.06. The largest absolute Gasteiger partial charge is 0.467 e. The van der Waals surface area contributed by atoms with E-state index in [9.17, 15) is 5.11 Å². The molecule has 2 aliphatic rings. The summed E-state index contributed by atoms with van der Waals surface area (Å²) in [5.41, 5.74) is 1.55. The van der Waals surface area contributed by atoms with E-state index in [-0.39, 0.29) is 5.92 Å². The lowest BCUT2D eigenvalue weighted by Crippen LogP contribution is -2.70. The number of fused-ring (bicyclic) bond motifs is 1. The van der Waals surface area contributed by atoms with Crippen molar-refractivity contribution in [2.75, 3.05) is 0 Å². The molecule has 2 aromatic rings. The molecule has 1 saturated heterocycles. The molecule has 2 aliphatic heterocycles. The molecule has 0 radical (unpaired) electrons. The number of unbranched alkanes of at least 4 members (excludes halogenated alkanes) is 3. The van der Waals surface area contributed by atoms with Gasteiger partial charge in [-0.05, 0) is 23.6 Å². The normalized spacial score (nSPS) is 26.1. The van der Waals surface area contributed by atoms with Gasteiger partial charge in [-0.3, -0.25) is 0 Å². The van der Waals surface area contributed by atoms with Crippen molar-refractivity contribution < 1.29 is 14.6 Å². The van der Waals surface area contributed by atoms with Gasteiger partial charge in [0, 0.05) is 0 Å². The van der Waals surface area contributed by atoms with Crippen molar-refractivity contribution in [2.24, 2.45) is 5.92 Å². The van der Waals surface area contributed by atoms with Gasteiger partial charge in [-0.1, -0.05) is 93.3 Å². The van der Waals surface area contributed by atoms with Crippen LogP contribution in [-0.4, -0.2) is 17.0 Å². The Labute approximate surface area is 161 Å². The maximum absolute atomic E-state index is 11.0. The van der Waals surface area contributed by atoms with Crippen molar-refractivity contribution in [1.82, 2.24) is 0 Å². The molecule has 0 aliphatic carbocycles. The monoisotopic (exact) mass is 364 g/mol. The van der Waals surface area contributed by atoms with Gasteiger partial charge in [0.25, 0.3) is 0 Å². The molecule has 2 aromatic carbocycles. The van der Waals surface area contributed by atoms with Crippen molar-refractivity contribution in [3.05, 3.63) is 84.1 Å². The summed E-state index contributed by atoms with van der Waals surface area (Å²) < 4.78 is 12.5. The van der Waals surface area contributed by atoms with Crippen LogP contribution in [0.25, 0.3) is 0 Å². The number of rotatable bonds is 8. The first-order valence-corrected chi connectivity index (χ1v) is 10.1. The molecule has 1 fully saturated rings. The van der Waals surface area contributed by atoms with Gasteiger partial charge in [-0.15, -0.1) is 0 Å². The highest BCUT2D eigenvalue weighted by Crippen LogP contribution is 2.62. The van der Waals surface area contributed by atoms with Crippen LogP contribution in [0.1, 0.15) is 50.2 Å². The molecule has 142 valence electrons. The van der Waals surface area contributed by atoms with Crippen molar-refractivity contribution >= 4 is 0 Å². The molecule has 3 heteroatoms. The van der Waals surface area contributed by atoms with Crippen LogP contribution in [0.4, 0.5) is 0 Å². The number of hydrogen-bond acceptors (Lipinski definition) is 3. The Bertz CT molecular complexity index is 731. The minimum atomic E-state index is -0.974. The topological polar surface area (TPSA) is 38.7 Å². The van der Waals surface area contributed by atoms with Gasteiger partial charge >= 0.3 is 0 Å². The highest BCUT2D eigenvalue weighted by atomic mass is 16.7. The summed E-state index contributed by atoms with van der Waals surface area (Å²) in [5, 5.41) is 11.0. The summed E-state index contributed by atoms with van der Waals surface area (Å²) in [7, 11) is 0. The summed E-state index contributed by atoms with van der Waals surface area (Å²) in [6.45, 7) is 2.19. The first kappa shape index (κ1) is 18.3. The Morgan fingerprint density at radius 1 is 0.926 bits per heavy atom. The molecule has 0 unspecified atom stereocenters. The molecular weight excluding hydrogens is 336 g/mol. The Morgan fingerprint density at radius 3 is 2.15 bits per heavy atom. The van der Waals surface area contributed by atoms with Crippen LogP contribution in [-0.2, 0) is 15.1 Å². The standard InChI is InChI=1S/C24H28O3/c1-2-3-4-11-16-22(25)24-21(17-18-26-24)23(27-24,19-12-7-5-8-13-19)20-14-9-6-10-15-20/h5-10,12-15,17-18,21-22,25H,2-4,11,16H2,1H3/t21-,22-,24-/m1/s1. The number of aliphatic hydroxyl groups is 1. The number of benzene rings is 2. The summed E-state index contributed by atoms with van der Waals surface area (Å²) in [6, 6.07) is 20.5. The zero-order chi connectivity index (χ0) is 18.7. The van der Waals surface area contributed by atoms with E-state index < -0.39 is 17.5 Å². The summed E-state index contributed by atoms with van der Waals surface area (Å²) in [6.07, 6.45) is 8.30. The third-order valence-corrected chi connectivity index (χ3v) is 5.92. The summed E-state index contributed by atoms with van der Waals surface area (Å²) in [5.74, 6) is -1.03. The second-order valence-corrected chi connectivity index (χ2v) is 7.58. The van der Waals surface area contributed by atoms with Crippen LogP contribution >= 0.6 is 0 Å². The predicted molar refractivity (Wildman–Crippen MR) is 106 cm³/mol. The Hall–Kier alpha value is -2.10. The molecular formula is C24H28O3. The smallest absolute Gasteiger partial charge is 0.246 e. The van der Waals surface area contributed by atoms with E-state index in [0.29, 0.717) is 6.42 Å². The lowest BCUT2D eigenvalue weighted by molar-refractivity contribution is -0.411. The fraction of sp³-hybridized carbons (Fsp3) is 0.417. The second-order valence-electron chi connectivity index (χ2n) is 7.58. The summed E-state index contributed by atoms with van der Waals surface area (Å²) >= 11 is 0. The van der Waals surface area contributed by atoms with E-state index in [1.807, 2.05) is 36.4 Å². The molecule has 2 heterocycles. The fourth-order valence-corrected chi connectivity index (χ4v) is 4.53. The average molecular weight is 364 g/mol. The van der Waals surface area contributed by atoms with Crippen LogP contribution in [0.2, 0.25) is 0 Å². The van der Waals surface area contributed by atoms with Gasteiger partial charge in [0.15, 0.2) is 0 Å². The van der Waals surface area contributed by atoms with Gasteiger partial charge in [0.2, 0.25) is 5.79 Å². The first-order valence-electron chi connectivity index (χ1n) is 10.1. The van der Waals surface area contributed by atoms with Crippen LogP contribution in [0.5, 0.6) is 0 Å². The van der Waals surface area contributed by atoms with E-state index in [1.165, 1.54) is 12.8 Å². The third-order valence-electron chi connectivity index (χ3n) is 5.92. The maximum Gasteiger partial charge on any atom is 0.246 e. The van der Waals surface area contributed by atoms with Crippen LogP contribution in [0.15, 0.2) is 73.0 Å². The summed E-state index contributed by atoms with van der Waals surface area (Å²) in [4.78, 5) is 0. The van der Waals surface area contributed by atoms with E-state index in [2.05, 4.69) is 37.3 Å². The molecule has 0 bridgehead atoms. The van der Waals surface area contributed by atoms with Gasteiger partial charge in [-0.25, -0.2) is 0 Å². The van der Waals surface area contributed by atoms with E-state index >= 15 is 0 Å². The molecule has 3 nitrogen and oxygen atoms in total. The Morgan fingerprint density at radius 2 is 1.56 bits per heavy atom. The lowest BCUT2D eigenvalue weighted by atomic mass is 9.65. The first-order chi connectivity index (χ1) is 13.2. The van der Waals surface area contributed by atoms with Crippen LogP contribution < -0.4 is 0 Å². The van der Waals surface area contributed by atoms with E-state index in [1.54, 1.807) is 6.26 Å². The highest BCUT2D eigenvalue weighted by Gasteiger charge is 2.71. The minimum Gasteiger partial charge on any atom is -0.467 e. The third kappa shape index (κ3) is 2.90. The zero-order valence-electron chi connectivity index (χ0n) is 15.9. The van der Waals surface area contributed by atoms with Crippen molar-refractivity contribution in [3.8, 4) is 0 Å². The molecule has 0 spiro atoms. The van der Waals surface area contributed by atoms with Gasteiger partial charge in [0.05, 0.1) is 12.2 Å². The molecule has 0 aromatic heterocycles.